The van der Waals surface area contributed by atoms with E-state index in [1.54, 1.807) is 0 Å². The largest absolute Gasteiger partial charge is 0.314 e. The van der Waals surface area contributed by atoms with Crippen molar-refractivity contribution in [3.8, 4) is 0 Å². The third kappa shape index (κ3) is 6.42. The summed E-state index contributed by atoms with van der Waals surface area (Å²) in [7, 11) is 0. The smallest absolute Gasteiger partial charge is 0.0468 e. The average Bonchev–Trinajstić information content (AvgIpc) is 3.32. The molecule has 298 valence electrons. The second-order valence-electron chi connectivity index (χ2n) is 17.4. The molecule has 0 spiro atoms. The Morgan fingerprint density at radius 1 is 0.500 bits per heavy atom. The SMILES string of the molecule is CC12CC(N(c3ccccc3)c3ccccc3)=CC=C1C(c1ccc3ccccc3c1)=c1cc(N(c3ccccc3)c3ccccc3)ccc1=C2C1=CC2C=CC=CC2(C)C=C1. The topological polar surface area (TPSA) is 6.48 Å². The summed E-state index contributed by atoms with van der Waals surface area (Å²) in [5.74, 6) is 0.250. The Labute approximate surface area is 365 Å². The zero-order chi connectivity index (χ0) is 41.7. The van der Waals surface area contributed by atoms with Crippen LogP contribution in [-0.4, -0.2) is 0 Å². The number of hydrogen-bond acceptors (Lipinski definition) is 2. The van der Waals surface area contributed by atoms with Crippen LogP contribution in [0.15, 0.2) is 254 Å². The second-order valence-corrected chi connectivity index (χ2v) is 17.4. The molecule has 0 aliphatic heterocycles. The van der Waals surface area contributed by atoms with Gasteiger partial charge in [-0.2, -0.15) is 0 Å². The van der Waals surface area contributed by atoms with Gasteiger partial charge >= 0.3 is 0 Å². The molecule has 0 amide bonds. The second kappa shape index (κ2) is 15.2. The van der Waals surface area contributed by atoms with Crippen LogP contribution >= 0.6 is 0 Å². The third-order valence-corrected chi connectivity index (χ3v) is 13.4. The lowest BCUT2D eigenvalue weighted by Crippen LogP contribution is -2.44. The molecule has 7 aromatic carbocycles. The zero-order valence-electron chi connectivity index (χ0n) is 35.2. The maximum atomic E-state index is 2.54. The Kier molecular flexibility index (Phi) is 9.24. The summed E-state index contributed by atoms with van der Waals surface area (Å²) in [4.78, 5) is 4.85. The van der Waals surface area contributed by atoms with E-state index in [-0.39, 0.29) is 11.3 Å². The molecule has 0 aromatic heterocycles. The van der Waals surface area contributed by atoms with E-state index in [9.17, 15) is 0 Å². The van der Waals surface area contributed by atoms with E-state index in [2.05, 4.69) is 260 Å². The van der Waals surface area contributed by atoms with Crippen LogP contribution < -0.4 is 20.2 Å². The highest BCUT2D eigenvalue weighted by Gasteiger charge is 2.44. The van der Waals surface area contributed by atoms with E-state index in [0.717, 1.165) is 34.9 Å². The van der Waals surface area contributed by atoms with E-state index in [4.69, 9.17) is 0 Å². The zero-order valence-corrected chi connectivity index (χ0v) is 35.2. The Morgan fingerprint density at radius 3 is 1.74 bits per heavy atom. The normalized spacial score (nSPS) is 21.0. The van der Waals surface area contributed by atoms with Gasteiger partial charge in [0.15, 0.2) is 0 Å². The Hall–Kier alpha value is -7.42. The predicted octanol–water partition coefficient (Wildman–Crippen LogP) is 14.0. The highest BCUT2D eigenvalue weighted by molar-refractivity contribution is 5.96. The first-order chi connectivity index (χ1) is 30.5. The van der Waals surface area contributed by atoms with Crippen LogP contribution in [0.5, 0.6) is 0 Å². The number of para-hydroxylation sites is 4. The van der Waals surface area contributed by atoms with Crippen molar-refractivity contribution >= 4 is 50.4 Å². The monoisotopic (exact) mass is 796 g/mol. The van der Waals surface area contributed by atoms with Gasteiger partial charge in [0.2, 0.25) is 0 Å². The van der Waals surface area contributed by atoms with Crippen molar-refractivity contribution in [1.82, 2.24) is 0 Å². The van der Waals surface area contributed by atoms with E-state index in [1.165, 1.54) is 54.8 Å². The minimum atomic E-state index is -0.405. The van der Waals surface area contributed by atoms with Crippen LogP contribution in [0.1, 0.15) is 25.8 Å². The molecule has 2 nitrogen and oxygen atoms in total. The molecular formula is C60H48N2. The maximum absolute atomic E-state index is 2.54. The van der Waals surface area contributed by atoms with Gasteiger partial charge in [-0.15, -0.1) is 0 Å². The van der Waals surface area contributed by atoms with Crippen LogP contribution in [-0.2, 0) is 0 Å². The molecule has 0 bridgehead atoms. The number of rotatable bonds is 8. The van der Waals surface area contributed by atoms with Crippen LogP contribution in [0.25, 0.3) is 21.9 Å². The highest BCUT2D eigenvalue weighted by atomic mass is 15.2. The molecule has 0 fully saturated rings. The molecule has 0 heterocycles. The van der Waals surface area contributed by atoms with Gasteiger partial charge in [0, 0.05) is 57.3 Å². The lowest BCUT2D eigenvalue weighted by molar-refractivity contribution is 0.448. The highest BCUT2D eigenvalue weighted by Crippen LogP contribution is 2.55. The van der Waals surface area contributed by atoms with E-state index in [1.807, 2.05) is 0 Å². The maximum Gasteiger partial charge on any atom is 0.0468 e. The van der Waals surface area contributed by atoms with Crippen molar-refractivity contribution in [1.29, 1.82) is 0 Å². The Balaban J connectivity index is 1.24. The number of fused-ring (bicyclic) bond motifs is 4. The minimum Gasteiger partial charge on any atom is -0.314 e. The number of allylic oxidation sites excluding steroid dienone is 12. The van der Waals surface area contributed by atoms with Crippen LogP contribution in [0.4, 0.5) is 28.4 Å². The summed E-state index contributed by atoms with van der Waals surface area (Å²) in [6.07, 6.45) is 22.2. The summed E-state index contributed by atoms with van der Waals surface area (Å²) in [5, 5.41) is 5.00. The van der Waals surface area contributed by atoms with Crippen molar-refractivity contribution in [2.45, 2.75) is 20.3 Å². The Bertz CT molecular complexity index is 3090. The first kappa shape index (κ1) is 37.6. The third-order valence-electron chi connectivity index (χ3n) is 13.4. The molecular weight excluding hydrogens is 749 g/mol. The van der Waals surface area contributed by atoms with Gasteiger partial charge in [-0.3, -0.25) is 0 Å². The molecule has 2 heteroatoms. The fraction of sp³-hybridized carbons (Fsp3) is 0.100. The average molecular weight is 797 g/mol. The molecule has 4 aliphatic rings. The van der Waals surface area contributed by atoms with Crippen molar-refractivity contribution in [3.63, 3.8) is 0 Å². The van der Waals surface area contributed by atoms with E-state index in [0.29, 0.717) is 0 Å². The summed E-state index contributed by atoms with van der Waals surface area (Å²) in [5.41, 5.74) is 13.0. The number of hydrogen-bond donors (Lipinski definition) is 0. The lowest BCUT2D eigenvalue weighted by Gasteiger charge is -2.45. The van der Waals surface area contributed by atoms with Crippen LogP contribution in [0.2, 0.25) is 0 Å². The summed E-state index contributed by atoms with van der Waals surface area (Å²) in [6, 6.07) is 66.2. The standard InChI is InChI=1S/C60H48N2/c1-59-37-18-17-21-47(59)40-46(36-38-59)58-54-34-32-52(61(48-22-7-3-8-23-48)49-24-9-4-10-25-49)41-55(54)57(45-31-30-43-19-15-16-20-44(43)39-45)56-35-33-53(42-60(56,58)2)62(50-26-11-5-12-27-50)51-28-13-6-14-29-51/h3-41,47H,42H2,1-2H3. The van der Waals surface area contributed by atoms with Gasteiger partial charge < -0.3 is 9.80 Å². The van der Waals surface area contributed by atoms with Gasteiger partial charge in [0.1, 0.15) is 0 Å². The number of nitrogens with zero attached hydrogens (tertiary/aromatic N) is 2. The van der Waals surface area contributed by atoms with Crippen molar-refractivity contribution in [2.75, 3.05) is 9.80 Å². The quantitative estimate of drug-likeness (QED) is 0.151. The molecule has 7 aromatic rings. The fourth-order valence-corrected chi connectivity index (χ4v) is 10.4. The summed E-state index contributed by atoms with van der Waals surface area (Å²) in [6.45, 7) is 4.86. The fourth-order valence-electron chi connectivity index (χ4n) is 10.4. The molecule has 62 heavy (non-hydrogen) atoms. The minimum absolute atomic E-state index is 0.0664. The van der Waals surface area contributed by atoms with E-state index >= 15 is 0 Å². The predicted molar refractivity (Wildman–Crippen MR) is 261 cm³/mol. The van der Waals surface area contributed by atoms with Gasteiger partial charge in [-0.05, 0) is 122 Å². The number of benzene rings is 7. The molecule has 0 N–H and O–H groups in total. The van der Waals surface area contributed by atoms with Crippen molar-refractivity contribution in [3.05, 3.63) is 270 Å². The van der Waals surface area contributed by atoms with Gasteiger partial charge in [-0.1, -0.05) is 178 Å². The van der Waals surface area contributed by atoms with Gasteiger partial charge in [-0.25, -0.2) is 0 Å². The van der Waals surface area contributed by atoms with Crippen molar-refractivity contribution in [2.24, 2.45) is 16.7 Å². The Morgan fingerprint density at radius 2 is 1.10 bits per heavy atom. The molecule has 0 radical (unpaired) electrons. The lowest BCUT2D eigenvalue weighted by atomic mass is 9.60. The summed E-state index contributed by atoms with van der Waals surface area (Å²) >= 11 is 0. The molecule has 3 unspecified atom stereocenters. The first-order valence-corrected chi connectivity index (χ1v) is 21.8. The van der Waals surface area contributed by atoms with Crippen molar-refractivity contribution < 1.29 is 0 Å². The number of anilines is 5. The summed E-state index contributed by atoms with van der Waals surface area (Å²) < 4.78 is 0. The molecule has 4 aliphatic carbocycles. The van der Waals surface area contributed by atoms with Crippen LogP contribution in [0, 0.1) is 16.7 Å². The van der Waals surface area contributed by atoms with Crippen LogP contribution in [0.3, 0.4) is 0 Å². The molecule has 11 rings (SSSR count). The van der Waals surface area contributed by atoms with E-state index < -0.39 is 5.41 Å². The first-order valence-electron chi connectivity index (χ1n) is 21.8. The molecule has 3 atom stereocenters. The van der Waals surface area contributed by atoms with Gasteiger partial charge in [0.05, 0.1) is 0 Å². The van der Waals surface area contributed by atoms with Gasteiger partial charge in [0.25, 0.3) is 0 Å². The molecule has 0 saturated carbocycles. The molecule has 0 saturated heterocycles.